The molecule has 1 aliphatic heterocycles. The molecule has 4 atom stereocenters. The number of nitrogens with zero attached hydrogens (tertiary/aromatic N) is 4. The third-order valence-electron chi connectivity index (χ3n) is 3.18. The number of phosphoric acid groups is 1. The van der Waals surface area contributed by atoms with Gasteiger partial charge >= 0.3 is 29.6 Å². The van der Waals surface area contributed by atoms with Crippen molar-refractivity contribution in [2.45, 2.75) is 24.5 Å². The third-order valence-corrected chi connectivity index (χ3v) is 3.18. The Labute approximate surface area is 162 Å². The van der Waals surface area contributed by atoms with Gasteiger partial charge in [0.15, 0.2) is 17.7 Å². The van der Waals surface area contributed by atoms with Crippen molar-refractivity contribution in [3.63, 3.8) is 0 Å². The summed E-state index contributed by atoms with van der Waals surface area (Å²) in [6.07, 6.45) is -1.42. The van der Waals surface area contributed by atoms with Crippen molar-refractivity contribution < 1.29 is 68.9 Å². The Morgan fingerprint density at radius 1 is 1.28 bits per heavy atom. The number of rotatable bonds is 2. The Morgan fingerprint density at radius 2 is 1.88 bits per heavy atom. The van der Waals surface area contributed by atoms with Crippen molar-refractivity contribution in [3.8, 4) is 0 Å². The summed E-state index contributed by atoms with van der Waals surface area (Å²) in [5.74, 6) is 0.218. The molecule has 0 aromatic carbocycles. The van der Waals surface area contributed by atoms with E-state index in [9.17, 15) is 10.2 Å². The summed E-state index contributed by atoms with van der Waals surface area (Å²) in [6.45, 7) is -0.390. The largest absolute Gasteiger partial charge is 1.00 e. The van der Waals surface area contributed by atoms with Crippen LogP contribution < -0.4 is 40.2 Å². The van der Waals surface area contributed by atoms with Crippen LogP contribution >= 0.6 is 7.82 Å². The minimum atomic E-state index is -4.89. The maximum atomic E-state index is 9.95. The normalized spacial score (nSPS) is 26.0. The number of nitrogen functional groups attached to an aromatic ring is 1. The molecule has 3 heterocycles. The number of aliphatic hydroxyl groups excluding tert-OH is 3. The Bertz CT molecular complexity index is 748. The number of hydrogen-bond donors (Lipinski definition) is 6. The zero-order valence-corrected chi connectivity index (χ0v) is 15.8. The fourth-order valence-electron chi connectivity index (χ4n) is 2.17. The molecule has 3 rings (SSSR count). The Balaban J connectivity index is 0.000000462. The molecule has 134 valence electrons. The van der Waals surface area contributed by atoms with E-state index in [1.807, 2.05) is 0 Å². The average Bonchev–Trinajstić information content (AvgIpc) is 3.01. The number of ether oxygens (including phenoxy) is 1. The number of imidazole rings is 1. The van der Waals surface area contributed by atoms with Gasteiger partial charge in [-0.1, -0.05) is 0 Å². The molecule has 0 radical (unpaired) electrons. The van der Waals surface area contributed by atoms with Gasteiger partial charge in [0.1, 0.15) is 30.2 Å². The van der Waals surface area contributed by atoms with Crippen LogP contribution in [-0.4, -0.2) is 69.5 Å². The third kappa shape index (κ3) is 5.39. The van der Waals surface area contributed by atoms with Gasteiger partial charge in [-0.25, -0.2) is 15.0 Å². The van der Waals surface area contributed by atoms with Gasteiger partial charge in [0.2, 0.25) is 0 Å². The predicted octanol–water partition coefficient (Wildman–Crippen LogP) is -6.54. The summed E-state index contributed by atoms with van der Waals surface area (Å²) >= 11 is 0. The Morgan fingerprint density at radius 3 is 2.40 bits per heavy atom. The van der Waals surface area contributed by atoms with Gasteiger partial charge in [-0.2, -0.15) is 0 Å². The molecule has 0 bridgehead atoms. The second kappa shape index (κ2) is 8.79. The van der Waals surface area contributed by atoms with Crippen LogP contribution in [0.15, 0.2) is 12.7 Å². The summed E-state index contributed by atoms with van der Waals surface area (Å²) < 4.78 is 15.6. The Kier molecular flexibility index (Phi) is 7.86. The van der Waals surface area contributed by atoms with Gasteiger partial charge in [0, 0.05) is 0 Å². The molecule has 13 nitrogen and oxygen atoms in total. The fourth-order valence-corrected chi connectivity index (χ4v) is 2.17. The number of aromatic nitrogens is 4. The molecule has 2 aromatic heterocycles. The zero-order chi connectivity index (χ0) is 18.1. The van der Waals surface area contributed by atoms with Crippen LogP contribution in [0.25, 0.3) is 11.2 Å². The zero-order valence-electron chi connectivity index (χ0n) is 12.9. The first-order valence-electron chi connectivity index (χ1n) is 6.45. The number of hydrogen-bond acceptors (Lipinski definition) is 10. The minimum absolute atomic E-state index is 0. The van der Waals surface area contributed by atoms with Crippen molar-refractivity contribution in [1.82, 2.24) is 19.5 Å². The molecular formula is C10H15N5NaO8P. The molecule has 0 spiro atoms. The van der Waals surface area contributed by atoms with Gasteiger partial charge < -0.3 is 40.5 Å². The molecular weight excluding hydrogens is 372 g/mol. The van der Waals surface area contributed by atoms with E-state index in [1.165, 1.54) is 17.2 Å². The van der Waals surface area contributed by atoms with E-state index in [-0.39, 0.29) is 35.4 Å². The number of fused-ring (bicyclic) bond motifs is 1. The van der Waals surface area contributed by atoms with Crippen LogP contribution in [0.3, 0.4) is 0 Å². The van der Waals surface area contributed by atoms with Crippen molar-refractivity contribution >= 4 is 24.8 Å². The first-order chi connectivity index (χ1) is 11.1. The van der Waals surface area contributed by atoms with E-state index in [0.717, 1.165) is 0 Å². The first kappa shape index (κ1) is 22.3. The van der Waals surface area contributed by atoms with Crippen molar-refractivity contribution in [2.24, 2.45) is 0 Å². The van der Waals surface area contributed by atoms with Crippen molar-refractivity contribution in [2.75, 3.05) is 12.3 Å². The molecule has 25 heavy (non-hydrogen) atoms. The van der Waals surface area contributed by atoms with Crippen LogP contribution in [0.2, 0.25) is 0 Å². The summed E-state index contributed by atoms with van der Waals surface area (Å²) in [6, 6.07) is 0. The van der Waals surface area contributed by atoms with Gasteiger partial charge in [0.25, 0.3) is 7.82 Å². The summed E-state index contributed by atoms with van der Waals surface area (Å²) in [5, 5.41) is 28.7. The van der Waals surface area contributed by atoms with E-state index in [4.69, 9.17) is 34.8 Å². The quantitative estimate of drug-likeness (QED) is 0.209. The van der Waals surface area contributed by atoms with Crippen molar-refractivity contribution in [3.05, 3.63) is 12.7 Å². The SMILES string of the molecule is Nc1ncnc2c1ncn2[C@@H]1O[C@H](CO)[C@@H](O)[C@H]1O.O=P([O-])(O)O.[Na+]. The molecule has 1 saturated heterocycles. The first-order valence-corrected chi connectivity index (χ1v) is 7.98. The minimum Gasteiger partial charge on any atom is -0.756 e. The number of aliphatic hydroxyl groups is 3. The van der Waals surface area contributed by atoms with Crippen LogP contribution in [-0.2, 0) is 9.30 Å². The topological polar surface area (TPSA) is 220 Å². The van der Waals surface area contributed by atoms with Crippen LogP contribution in [0, 0.1) is 0 Å². The van der Waals surface area contributed by atoms with E-state index >= 15 is 0 Å². The molecule has 15 heteroatoms. The Hall–Kier alpha value is -0.700. The summed E-state index contributed by atoms with van der Waals surface area (Å²) in [5.41, 5.74) is 6.44. The van der Waals surface area contributed by atoms with Crippen LogP contribution in [0.5, 0.6) is 0 Å². The van der Waals surface area contributed by atoms with E-state index < -0.39 is 39.0 Å². The van der Waals surface area contributed by atoms with Gasteiger partial charge in [0.05, 0.1) is 12.9 Å². The van der Waals surface area contributed by atoms with E-state index in [0.29, 0.717) is 11.2 Å². The summed E-state index contributed by atoms with van der Waals surface area (Å²) in [4.78, 5) is 34.8. The maximum absolute atomic E-state index is 9.95. The van der Waals surface area contributed by atoms with E-state index in [2.05, 4.69) is 15.0 Å². The monoisotopic (exact) mass is 387 g/mol. The summed E-state index contributed by atoms with van der Waals surface area (Å²) in [7, 11) is -4.89. The van der Waals surface area contributed by atoms with Crippen LogP contribution in [0.4, 0.5) is 5.82 Å². The maximum Gasteiger partial charge on any atom is 1.00 e. The van der Waals surface area contributed by atoms with Gasteiger partial charge in [-0.15, -0.1) is 0 Å². The smallest absolute Gasteiger partial charge is 0.756 e. The molecule has 0 unspecified atom stereocenters. The number of nitrogens with two attached hydrogens (primary N) is 1. The van der Waals surface area contributed by atoms with Gasteiger partial charge in [-0.3, -0.25) is 9.13 Å². The van der Waals surface area contributed by atoms with Crippen LogP contribution in [0.1, 0.15) is 6.23 Å². The average molecular weight is 387 g/mol. The fraction of sp³-hybridized carbons (Fsp3) is 0.500. The van der Waals surface area contributed by atoms with Gasteiger partial charge in [-0.05, 0) is 0 Å². The molecule has 2 aromatic rings. The molecule has 7 N–H and O–H groups in total. The van der Waals surface area contributed by atoms with Crippen molar-refractivity contribution in [1.29, 1.82) is 0 Å². The molecule has 1 fully saturated rings. The molecule has 0 saturated carbocycles. The second-order valence-electron chi connectivity index (χ2n) is 4.80. The number of anilines is 1. The molecule has 0 aliphatic carbocycles. The standard InChI is InChI=1S/C10H13N5O4.Na.H3O4P/c11-8-5-9(13-2-12-8)15(3-14-5)10-7(18)6(17)4(1-16)19-10;;1-5(2,3)4/h2-4,6-7,10,16-18H,1H2,(H2,11,12,13);;(H3,1,2,3,4)/q;+1;/p-1/t4-,6-,7-,10-;;/m1../s1. The molecule has 1 aliphatic rings. The predicted molar refractivity (Wildman–Crippen MR) is 74.8 cm³/mol. The molecule has 0 amide bonds. The van der Waals surface area contributed by atoms with E-state index in [1.54, 1.807) is 0 Å². The second-order valence-corrected chi connectivity index (χ2v) is 5.78.